The van der Waals surface area contributed by atoms with Crippen LogP contribution >= 0.6 is 0 Å². The van der Waals surface area contributed by atoms with Gasteiger partial charge in [-0.2, -0.15) is 0 Å². The summed E-state index contributed by atoms with van der Waals surface area (Å²) in [6.07, 6.45) is 1.67. The van der Waals surface area contributed by atoms with Crippen molar-refractivity contribution in [3.8, 4) is 0 Å². The van der Waals surface area contributed by atoms with Crippen molar-refractivity contribution in [2.45, 2.75) is 167 Å². The molecule has 0 radical (unpaired) electrons. The summed E-state index contributed by atoms with van der Waals surface area (Å²) < 4.78 is 0. The van der Waals surface area contributed by atoms with Gasteiger partial charge < -0.3 is 85.8 Å². The number of aromatic amines is 1. The van der Waals surface area contributed by atoms with E-state index >= 15 is 0 Å². The molecule has 1 aromatic heterocycles. The molecule has 12 unspecified atom stereocenters. The molecule has 0 spiro atoms. The zero-order valence-corrected chi connectivity index (χ0v) is 42.0. The van der Waals surface area contributed by atoms with E-state index in [1.807, 2.05) is 6.92 Å². The van der Waals surface area contributed by atoms with Crippen LogP contribution in [0.25, 0.3) is 0 Å². The molecule has 1 rings (SSSR count). The van der Waals surface area contributed by atoms with Crippen LogP contribution in [-0.4, -0.2) is 164 Å². The van der Waals surface area contributed by atoms with Crippen molar-refractivity contribution in [3.05, 3.63) is 18.2 Å². The van der Waals surface area contributed by atoms with Gasteiger partial charge in [-0.3, -0.25) is 48.1 Å². The number of carbonyl (C=O) groups excluding carboxylic acids is 8. The maximum Gasteiger partial charge on any atom is 0.326 e. The number of hydrogen-bond acceptors (Lipinski definition) is 15. The fraction of sp³-hybridized carbons (Fsp3) is 0.682. The zero-order valence-electron chi connectivity index (χ0n) is 42.0. The van der Waals surface area contributed by atoms with Crippen LogP contribution in [0, 0.1) is 11.8 Å². The molecular weight excluding hydrogens is 947 g/mol. The van der Waals surface area contributed by atoms with E-state index in [1.54, 1.807) is 20.8 Å². The first-order valence-corrected chi connectivity index (χ1v) is 23.8. The average molecular weight is 1020 g/mol. The highest BCUT2D eigenvalue weighted by Gasteiger charge is 2.36. The van der Waals surface area contributed by atoms with Crippen LogP contribution < -0.4 is 65.5 Å². The minimum Gasteiger partial charge on any atom is -0.481 e. The Kier molecular flexibility index (Phi) is 28.1. The predicted molar refractivity (Wildman–Crippen MR) is 260 cm³/mol. The van der Waals surface area contributed by atoms with E-state index in [0.29, 0.717) is 31.4 Å². The van der Waals surface area contributed by atoms with E-state index in [4.69, 9.17) is 22.9 Å². The first kappa shape index (κ1) is 63.1. The predicted octanol–water partition coefficient (Wildman–Crippen LogP) is -4.59. The number of carbonyl (C=O) groups is 10. The number of hydrogen-bond donors (Lipinski definition) is 16. The Bertz CT molecular complexity index is 2000. The molecule has 0 saturated heterocycles. The molecule has 1 heterocycles. The normalized spacial score (nSPS) is 16.1. The summed E-state index contributed by atoms with van der Waals surface area (Å²) >= 11 is 0. The highest BCUT2D eigenvalue weighted by Crippen LogP contribution is 2.13. The molecule has 0 fully saturated rings. The van der Waals surface area contributed by atoms with Crippen molar-refractivity contribution >= 4 is 65.2 Å². The topological polar surface area (TPSA) is 473 Å². The number of aliphatic imine (C=N–C) groups is 1. The summed E-state index contributed by atoms with van der Waals surface area (Å²) in [4.78, 5) is 142. The maximum absolute atomic E-state index is 14.0. The standard InChI is InChI=1S/C44H77N15O13/c1-8-21(3)32(46)40(68)53-24(6)36(64)59-34(25(7)60)42(70)56-29(17-26-19-49-20-51-26)39(67)52-23(5)35(63)54-27(13-10-11-15-45)38(66)58-33(22(4)9-2)41(69)55-28(14-12-16-50-44(47)48)37(65)57-30(43(71)72)18-31(61)62/h19-25,27-30,32-34,60H,8-18,45-46H2,1-7H3,(H,49,51)(H,52,67)(H,53,68)(H,54,63)(H,55,69)(H,56,70)(H,57,65)(H,58,66)(H,59,64)(H,61,62)(H,71,72)(H4,47,48,50). The number of nitrogens with two attached hydrogens (primary N) is 4. The smallest absolute Gasteiger partial charge is 0.326 e. The number of unbranched alkanes of at least 4 members (excludes halogenated alkanes) is 1. The molecule has 1 aromatic rings. The molecule has 0 aliphatic heterocycles. The van der Waals surface area contributed by atoms with Gasteiger partial charge in [0.15, 0.2) is 5.96 Å². The number of carboxylic acids is 2. The van der Waals surface area contributed by atoms with Crippen LogP contribution in [0.5, 0.6) is 0 Å². The van der Waals surface area contributed by atoms with Gasteiger partial charge in [-0.1, -0.05) is 40.5 Å². The van der Waals surface area contributed by atoms with Gasteiger partial charge in [-0.05, 0) is 71.3 Å². The van der Waals surface area contributed by atoms with Crippen LogP contribution in [-0.2, 0) is 54.4 Å². The van der Waals surface area contributed by atoms with E-state index in [1.165, 1.54) is 33.3 Å². The summed E-state index contributed by atoms with van der Waals surface area (Å²) in [6, 6.07) is -12.5. The van der Waals surface area contributed by atoms with Crippen LogP contribution in [0.4, 0.5) is 0 Å². The Labute approximate surface area is 417 Å². The van der Waals surface area contributed by atoms with Crippen LogP contribution in [0.3, 0.4) is 0 Å². The molecule has 28 heteroatoms. The number of guanidine groups is 1. The molecule has 0 aliphatic rings. The number of aromatic nitrogens is 2. The van der Waals surface area contributed by atoms with Crippen LogP contribution in [0.2, 0.25) is 0 Å². The second-order valence-electron chi connectivity index (χ2n) is 17.7. The quantitative estimate of drug-likeness (QED) is 0.0175. The molecule has 0 aromatic carbocycles. The number of aliphatic hydroxyl groups is 1. The first-order chi connectivity index (χ1) is 33.8. The van der Waals surface area contributed by atoms with Gasteiger partial charge in [-0.25, -0.2) is 9.78 Å². The van der Waals surface area contributed by atoms with E-state index in [2.05, 4.69) is 57.5 Å². The van der Waals surface area contributed by atoms with Crippen molar-refractivity contribution in [3.63, 3.8) is 0 Å². The number of aliphatic hydroxyl groups excluding tert-OH is 1. The lowest BCUT2D eigenvalue weighted by molar-refractivity contribution is -0.147. The Balaban J connectivity index is 3.35. The Morgan fingerprint density at radius 2 is 1.11 bits per heavy atom. The number of aliphatic carboxylic acids is 2. The Morgan fingerprint density at radius 1 is 0.625 bits per heavy atom. The second kappa shape index (κ2) is 32.1. The van der Waals surface area contributed by atoms with Crippen molar-refractivity contribution in [2.24, 2.45) is 39.8 Å². The Morgan fingerprint density at radius 3 is 1.62 bits per heavy atom. The highest BCUT2D eigenvalue weighted by atomic mass is 16.4. The van der Waals surface area contributed by atoms with E-state index < -0.39 is 132 Å². The monoisotopic (exact) mass is 1020 g/mol. The van der Waals surface area contributed by atoms with Crippen LogP contribution in [0.15, 0.2) is 17.5 Å². The lowest BCUT2D eigenvalue weighted by Gasteiger charge is -2.29. The molecule has 72 heavy (non-hydrogen) atoms. The van der Waals surface area contributed by atoms with Crippen molar-refractivity contribution in [1.29, 1.82) is 0 Å². The fourth-order valence-electron chi connectivity index (χ4n) is 6.73. The van der Waals surface area contributed by atoms with Crippen molar-refractivity contribution < 1.29 is 63.3 Å². The minimum absolute atomic E-state index is 0.00841. The molecule has 12 atom stereocenters. The number of nitrogens with one attached hydrogen (secondary N) is 9. The number of rotatable bonds is 34. The summed E-state index contributed by atoms with van der Waals surface area (Å²) in [6.45, 7) is 11.1. The molecule has 20 N–H and O–H groups in total. The minimum atomic E-state index is -1.85. The Hall–Kier alpha value is -6.94. The van der Waals surface area contributed by atoms with Crippen molar-refractivity contribution in [2.75, 3.05) is 13.1 Å². The summed E-state index contributed by atoms with van der Waals surface area (Å²) in [5, 5.41) is 49.0. The van der Waals surface area contributed by atoms with Crippen molar-refractivity contribution in [1.82, 2.24) is 52.5 Å². The van der Waals surface area contributed by atoms with Gasteiger partial charge in [-0.15, -0.1) is 0 Å². The van der Waals surface area contributed by atoms with E-state index in [0.717, 1.165) is 0 Å². The largest absolute Gasteiger partial charge is 0.481 e. The zero-order chi connectivity index (χ0) is 54.8. The number of amides is 8. The lowest BCUT2D eigenvalue weighted by atomic mass is 9.96. The van der Waals surface area contributed by atoms with Gasteiger partial charge in [0.1, 0.15) is 48.3 Å². The molecular formula is C44H77N15O13. The fourth-order valence-corrected chi connectivity index (χ4v) is 6.73. The number of nitrogens with zero attached hydrogens (tertiary/aromatic N) is 2. The molecule has 0 bridgehead atoms. The third-order valence-corrected chi connectivity index (χ3v) is 11.7. The van der Waals surface area contributed by atoms with E-state index in [-0.39, 0.29) is 50.7 Å². The first-order valence-electron chi connectivity index (χ1n) is 23.8. The molecule has 8 amide bonds. The van der Waals surface area contributed by atoms with Gasteiger partial charge in [0, 0.05) is 24.9 Å². The van der Waals surface area contributed by atoms with Crippen LogP contribution in [0.1, 0.15) is 106 Å². The highest BCUT2D eigenvalue weighted by molar-refractivity contribution is 5.98. The van der Waals surface area contributed by atoms with E-state index in [9.17, 15) is 63.3 Å². The van der Waals surface area contributed by atoms with Gasteiger partial charge >= 0.3 is 11.9 Å². The summed E-state index contributed by atoms with van der Waals surface area (Å²) in [5.41, 5.74) is 22.8. The third-order valence-electron chi connectivity index (χ3n) is 11.7. The van der Waals surface area contributed by atoms with Gasteiger partial charge in [0.25, 0.3) is 0 Å². The molecule has 0 aliphatic carbocycles. The summed E-state index contributed by atoms with van der Waals surface area (Å²) in [5.74, 6) is -11.1. The van der Waals surface area contributed by atoms with Gasteiger partial charge in [0.05, 0.1) is 24.9 Å². The SMILES string of the molecule is CCC(C)C(N)C(=O)NC(C)C(=O)NC(C(=O)NC(Cc1cnc[nH]1)C(=O)NC(C)C(=O)NC(CCCCN)C(=O)NC(C(=O)NC(CCCN=C(N)N)C(=O)NC(CC(=O)O)C(=O)O)C(C)CC)C(C)O. The number of H-pyrrole nitrogens is 1. The molecule has 28 nitrogen and oxygen atoms in total. The summed E-state index contributed by atoms with van der Waals surface area (Å²) in [7, 11) is 0. The second-order valence-corrected chi connectivity index (χ2v) is 17.7. The average Bonchev–Trinajstić information content (AvgIpc) is 3.84. The molecule has 406 valence electrons. The number of imidazole rings is 1. The third kappa shape index (κ3) is 22.4. The maximum atomic E-state index is 14.0. The molecule has 0 saturated carbocycles. The van der Waals surface area contributed by atoms with Gasteiger partial charge in [0.2, 0.25) is 47.3 Å². The number of carboxylic acid groups (broad SMARTS) is 2. The lowest BCUT2D eigenvalue weighted by Crippen LogP contribution is -2.61.